The zero-order valence-electron chi connectivity index (χ0n) is 18.3. The molecule has 3 aromatic heterocycles. The Kier molecular flexibility index (Phi) is 5.65. The number of alkyl halides is 4. The van der Waals surface area contributed by atoms with E-state index in [1.54, 1.807) is 0 Å². The van der Waals surface area contributed by atoms with E-state index in [1.165, 1.54) is 29.0 Å². The summed E-state index contributed by atoms with van der Waals surface area (Å²) in [5.41, 5.74) is 0.345. The number of amides is 1. The standard InChI is InChI=1S/C20H21F4N7O4/c1-19(2-3-19)27-18(32)35-12-8-33-16(15(12)21)10-6-13(29-28-10)26-17-11-7-14(34-9-20(22,23)24)30-31(11)5-4-25-17/h4-7,12,15-16H,2-3,8-9H2,1H3,(H,27,32)(H2,25,26,28,29)/t12-,15-,16-/m0/s1. The van der Waals surface area contributed by atoms with E-state index in [-0.39, 0.29) is 29.7 Å². The molecule has 0 radical (unpaired) electrons. The van der Waals surface area contributed by atoms with Gasteiger partial charge in [-0.1, -0.05) is 0 Å². The first-order valence-electron chi connectivity index (χ1n) is 10.7. The highest BCUT2D eigenvalue weighted by atomic mass is 19.4. The Labute approximate surface area is 195 Å². The van der Waals surface area contributed by atoms with Crippen LogP contribution in [0, 0.1) is 0 Å². The van der Waals surface area contributed by atoms with Crippen molar-refractivity contribution in [1.29, 1.82) is 0 Å². The van der Waals surface area contributed by atoms with Gasteiger partial charge < -0.3 is 24.8 Å². The van der Waals surface area contributed by atoms with Gasteiger partial charge in [0.15, 0.2) is 30.5 Å². The first-order chi connectivity index (χ1) is 16.6. The number of alkyl carbamates (subject to hydrolysis) is 1. The molecular weight excluding hydrogens is 478 g/mol. The van der Waals surface area contributed by atoms with Gasteiger partial charge in [0.05, 0.1) is 12.3 Å². The minimum Gasteiger partial charge on any atom is -0.467 e. The van der Waals surface area contributed by atoms with Gasteiger partial charge in [0.1, 0.15) is 11.6 Å². The number of carbonyl (C=O) groups excluding carboxylic acids is 1. The number of H-pyrrole nitrogens is 1. The zero-order chi connectivity index (χ0) is 24.8. The van der Waals surface area contributed by atoms with Crippen molar-refractivity contribution < 1.29 is 36.6 Å². The van der Waals surface area contributed by atoms with Crippen LogP contribution in [0.5, 0.6) is 5.88 Å². The molecular formula is C20H21F4N7O4. The lowest BCUT2D eigenvalue weighted by Gasteiger charge is -2.17. The lowest BCUT2D eigenvalue weighted by Crippen LogP contribution is -2.39. The lowest BCUT2D eigenvalue weighted by atomic mass is 10.1. The number of fused-ring (bicyclic) bond motifs is 1. The fourth-order valence-corrected chi connectivity index (χ4v) is 3.55. The largest absolute Gasteiger partial charge is 0.467 e. The fraction of sp³-hybridized carbons (Fsp3) is 0.500. The molecule has 3 N–H and O–H groups in total. The number of rotatable bonds is 7. The SMILES string of the molecule is CC1(NC(=O)O[C@H]2CO[C@@H](c3cc(Nc4nccn5nc(OCC(F)(F)F)cc45)n[nH]3)[C@H]2F)CC1. The molecule has 1 saturated heterocycles. The fourth-order valence-electron chi connectivity index (χ4n) is 3.55. The van der Waals surface area contributed by atoms with Crippen LogP contribution in [0.1, 0.15) is 31.6 Å². The van der Waals surface area contributed by atoms with E-state index in [0.29, 0.717) is 11.2 Å². The molecule has 5 rings (SSSR count). The summed E-state index contributed by atoms with van der Waals surface area (Å²) in [4.78, 5) is 16.1. The molecule has 4 heterocycles. The molecule has 188 valence electrons. The van der Waals surface area contributed by atoms with E-state index in [9.17, 15) is 22.4 Å². The van der Waals surface area contributed by atoms with Gasteiger partial charge in [-0.25, -0.2) is 18.7 Å². The molecule has 1 amide bonds. The van der Waals surface area contributed by atoms with E-state index < -0.39 is 37.3 Å². The number of ether oxygens (including phenoxy) is 3. The van der Waals surface area contributed by atoms with Gasteiger partial charge in [0, 0.05) is 30.1 Å². The Hall–Kier alpha value is -3.62. The Morgan fingerprint density at radius 2 is 2.17 bits per heavy atom. The summed E-state index contributed by atoms with van der Waals surface area (Å²) in [6, 6.07) is 2.79. The van der Waals surface area contributed by atoms with E-state index in [0.717, 1.165) is 12.8 Å². The molecule has 1 saturated carbocycles. The topological polar surface area (TPSA) is 128 Å². The summed E-state index contributed by atoms with van der Waals surface area (Å²) < 4.78 is 68.8. The van der Waals surface area contributed by atoms with Gasteiger partial charge in [-0.2, -0.15) is 18.3 Å². The van der Waals surface area contributed by atoms with Gasteiger partial charge in [0.2, 0.25) is 5.88 Å². The van der Waals surface area contributed by atoms with Gasteiger partial charge in [-0.15, -0.1) is 5.10 Å². The van der Waals surface area contributed by atoms with E-state index in [4.69, 9.17) is 9.47 Å². The Balaban J connectivity index is 1.24. The van der Waals surface area contributed by atoms with Gasteiger partial charge in [0.25, 0.3) is 0 Å². The molecule has 15 heteroatoms. The third-order valence-electron chi connectivity index (χ3n) is 5.65. The third-order valence-corrected chi connectivity index (χ3v) is 5.65. The Morgan fingerprint density at radius 1 is 1.37 bits per heavy atom. The maximum absolute atomic E-state index is 14.9. The number of nitrogens with zero attached hydrogens (tertiary/aromatic N) is 4. The van der Waals surface area contributed by atoms with Crippen LogP contribution in [0.15, 0.2) is 24.5 Å². The highest BCUT2D eigenvalue weighted by Crippen LogP contribution is 2.36. The summed E-state index contributed by atoms with van der Waals surface area (Å²) in [7, 11) is 0. The summed E-state index contributed by atoms with van der Waals surface area (Å²) in [6.45, 7) is 0.284. The molecule has 1 aliphatic carbocycles. The monoisotopic (exact) mass is 499 g/mol. The maximum Gasteiger partial charge on any atom is 0.422 e. The van der Waals surface area contributed by atoms with Gasteiger partial charge >= 0.3 is 12.3 Å². The van der Waals surface area contributed by atoms with Crippen molar-refractivity contribution in [3.63, 3.8) is 0 Å². The number of aromatic amines is 1. The Bertz CT molecular complexity index is 1230. The first kappa shape index (κ1) is 23.1. The minimum absolute atomic E-state index is 0.116. The number of aromatic nitrogens is 5. The van der Waals surface area contributed by atoms with Crippen molar-refractivity contribution in [2.45, 2.75) is 49.9 Å². The summed E-state index contributed by atoms with van der Waals surface area (Å²) in [5, 5.41) is 16.3. The number of hydrogen-bond acceptors (Lipinski definition) is 8. The molecule has 3 aromatic rings. The Morgan fingerprint density at radius 3 is 2.91 bits per heavy atom. The predicted octanol–water partition coefficient (Wildman–Crippen LogP) is 3.19. The van der Waals surface area contributed by atoms with E-state index in [2.05, 4.69) is 35.7 Å². The molecule has 0 aromatic carbocycles. The van der Waals surface area contributed by atoms with E-state index in [1.807, 2.05) is 6.92 Å². The third kappa shape index (κ3) is 5.23. The summed E-state index contributed by atoms with van der Waals surface area (Å²) in [5.74, 6) is 0.251. The van der Waals surface area contributed by atoms with Crippen molar-refractivity contribution in [1.82, 2.24) is 30.1 Å². The molecule has 3 atom stereocenters. The maximum atomic E-state index is 14.9. The summed E-state index contributed by atoms with van der Waals surface area (Å²) in [6.07, 6.45) is -4.39. The second-order valence-corrected chi connectivity index (χ2v) is 8.65. The first-order valence-corrected chi connectivity index (χ1v) is 10.7. The molecule has 0 unspecified atom stereocenters. The number of carbonyl (C=O) groups is 1. The normalized spacial score (nSPS) is 23.3. The van der Waals surface area contributed by atoms with Gasteiger partial charge in [-0.05, 0) is 19.8 Å². The van der Waals surface area contributed by atoms with Gasteiger partial charge in [-0.3, -0.25) is 5.10 Å². The van der Waals surface area contributed by atoms with Crippen molar-refractivity contribution in [3.05, 3.63) is 30.2 Å². The molecule has 35 heavy (non-hydrogen) atoms. The van der Waals surface area contributed by atoms with Crippen LogP contribution in [0.3, 0.4) is 0 Å². The van der Waals surface area contributed by atoms with Crippen LogP contribution in [0.25, 0.3) is 5.52 Å². The predicted molar refractivity (Wildman–Crippen MR) is 111 cm³/mol. The smallest absolute Gasteiger partial charge is 0.422 e. The van der Waals surface area contributed by atoms with Crippen molar-refractivity contribution in [3.8, 4) is 5.88 Å². The lowest BCUT2D eigenvalue weighted by molar-refractivity contribution is -0.154. The van der Waals surface area contributed by atoms with Crippen LogP contribution in [-0.2, 0) is 9.47 Å². The van der Waals surface area contributed by atoms with Crippen molar-refractivity contribution >= 4 is 23.2 Å². The molecule has 0 bridgehead atoms. The second-order valence-electron chi connectivity index (χ2n) is 8.65. The van der Waals surface area contributed by atoms with Crippen molar-refractivity contribution in [2.24, 2.45) is 0 Å². The zero-order valence-corrected chi connectivity index (χ0v) is 18.3. The highest BCUT2D eigenvalue weighted by Gasteiger charge is 2.44. The average molecular weight is 499 g/mol. The quantitative estimate of drug-likeness (QED) is 0.423. The van der Waals surface area contributed by atoms with Crippen LogP contribution >= 0.6 is 0 Å². The highest BCUT2D eigenvalue weighted by molar-refractivity contribution is 5.73. The van der Waals surface area contributed by atoms with E-state index >= 15 is 0 Å². The molecule has 0 spiro atoms. The number of hydrogen-bond donors (Lipinski definition) is 3. The van der Waals surface area contributed by atoms with Crippen molar-refractivity contribution in [2.75, 3.05) is 18.5 Å². The van der Waals surface area contributed by atoms with Crippen LogP contribution in [0.2, 0.25) is 0 Å². The number of nitrogens with one attached hydrogen (secondary N) is 3. The molecule has 1 aliphatic heterocycles. The average Bonchev–Trinajstić information content (AvgIpc) is 3.14. The molecule has 2 aliphatic rings. The van der Waals surface area contributed by atoms with Crippen LogP contribution in [0.4, 0.5) is 34.0 Å². The number of anilines is 2. The molecule has 11 nitrogen and oxygen atoms in total. The van der Waals surface area contributed by atoms with Crippen LogP contribution in [-0.4, -0.2) is 68.1 Å². The van der Waals surface area contributed by atoms with Crippen LogP contribution < -0.4 is 15.4 Å². The molecule has 2 fully saturated rings. The minimum atomic E-state index is -4.50. The summed E-state index contributed by atoms with van der Waals surface area (Å²) >= 11 is 0. The number of halogens is 4. The second kappa shape index (κ2) is 8.55.